The molecule has 0 amide bonds. The van der Waals surface area contributed by atoms with Crippen molar-refractivity contribution in [1.29, 1.82) is 0 Å². The summed E-state index contributed by atoms with van der Waals surface area (Å²) in [5.74, 6) is 0.308. The summed E-state index contributed by atoms with van der Waals surface area (Å²) in [4.78, 5) is 2.14. The van der Waals surface area contributed by atoms with Crippen LogP contribution < -0.4 is 10.1 Å². The van der Waals surface area contributed by atoms with Crippen LogP contribution in [-0.4, -0.2) is 54.4 Å². The molecule has 4 nitrogen and oxygen atoms in total. The molecule has 1 unspecified atom stereocenters. The van der Waals surface area contributed by atoms with Crippen LogP contribution in [0.25, 0.3) is 0 Å². The molecule has 1 saturated heterocycles. The van der Waals surface area contributed by atoms with Gasteiger partial charge in [-0.1, -0.05) is 0 Å². The van der Waals surface area contributed by atoms with E-state index in [1.807, 2.05) is 0 Å². The summed E-state index contributed by atoms with van der Waals surface area (Å²) in [5, 5.41) is 13.6. The van der Waals surface area contributed by atoms with E-state index in [1.165, 1.54) is 12.1 Å². The third kappa shape index (κ3) is 5.09. The second kappa shape index (κ2) is 7.07. The fourth-order valence-corrected chi connectivity index (χ4v) is 2.44. The number of aliphatic hydroxyl groups is 1. The van der Waals surface area contributed by atoms with Gasteiger partial charge < -0.3 is 15.2 Å². The van der Waals surface area contributed by atoms with Crippen LogP contribution in [0.1, 0.15) is 19.4 Å². The lowest BCUT2D eigenvalue weighted by Gasteiger charge is -2.36. The summed E-state index contributed by atoms with van der Waals surface area (Å²) in [7, 11) is 0. The van der Waals surface area contributed by atoms with Gasteiger partial charge in [-0.15, -0.1) is 0 Å². The van der Waals surface area contributed by atoms with E-state index in [4.69, 9.17) is 4.74 Å². The maximum absolute atomic E-state index is 12.6. The number of ether oxygens (including phenoxy) is 1. The number of β-amino-alcohol motifs (C(OH)–C–C–N with tert-alkyl or cyclic N) is 1. The molecule has 1 fully saturated rings. The molecule has 1 aliphatic heterocycles. The lowest BCUT2D eigenvalue weighted by molar-refractivity contribution is -0.137. The molecule has 0 aliphatic carbocycles. The molecule has 1 aromatic rings. The molecule has 1 heterocycles. The number of nitrogens with one attached hydrogen (secondary N) is 1. The van der Waals surface area contributed by atoms with E-state index in [-0.39, 0.29) is 0 Å². The van der Waals surface area contributed by atoms with E-state index < -0.39 is 23.4 Å². The summed E-state index contributed by atoms with van der Waals surface area (Å²) in [6.45, 7) is 7.41. The fourth-order valence-electron chi connectivity index (χ4n) is 2.44. The Kier molecular flexibility index (Phi) is 5.54. The Morgan fingerprint density at radius 3 is 2.26 bits per heavy atom. The summed E-state index contributed by atoms with van der Waals surface area (Å²) in [6.07, 6.45) is -5.11. The molecule has 1 aliphatic rings. The molecule has 0 saturated carbocycles. The van der Waals surface area contributed by atoms with Gasteiger partial charge in [-0.05, 0) is 38.1 Å². The van der Waals surface area contributed by atoms with Gasteiger partial charge >= 0.3 is 6.18 Å². The van der Waals surface area contributed by atoms with Crippen LogP contribution in [0.4, 0.5) is 13.2 Å². The van der Waals surface area contributed by atoms with E-state index >= 15 is 0 Å². The zero-order chi connectivity index (χ0) is 17.1. The normalized spacial score (nSPS) is 18.7. The lowest BCUT2D eigenvalue weighted by Crippen LogP contribution is -2.52. The van der Waals surface area contributed by atoms with Crippen molar-refractivity contribution < 1.29 is 23.0 Å². The lowest BCUT2D eigenvalue weighted by atomic mass is 10.0. The molecule has 7 heteroatoms. The smallest absolute Gasteiger partial charge is 0.416 e. The SMILES string of the molecule is CC(C)(Oc1ccc(C(F)(F)F)cc1)C(O)CN1CCNCC1. The van der Waals surface area contributed by atoms with Crippen molar-refractivity contribution in [2.45, 2.75) is 31.7 Å². The van der Waals surface area contributed by atoms with E-state index in [1.54, 1.807) is 13.8 Å². The largest absolute Gasteiger partial charge is 0.485 e. The van der Waals surface area contributed by atoms with E-state index in [0.29, 0.717) is 12.3 Å². The molecule has 0 radical (unpaired) electrons. The number of aliphatic hydroxyl groups excluding tert-OH is 1. The van der Waals surface area contributed by atoms with Crippen LogP contribution in [0.15, 0.2) is 24.3 Å². The molecule has 130 valence electrons. The zero-order valence-electron chi connectivity index (χ0n) is 13.4. The maximum Gasteiger partial charge on any atom is 0.416 e. The topological polar surface area (TPSA) is 44.7 Å². The standard InChI is InChI=1S/C16H23F3N2O2/c1-15(2,14(22)11-21-9-7-20-8-10-21)23-13-5-3-12(4-6-13)16(17,18)19/h3-6,14,20,22H,7-11H2,1-2H3. The molecular weight excluding hydrogens is 309 g/mol. The summed E-state index contributed by atoms with van der Waals surface area (Å²) < 4.78 is 43.4. The predicted octanol–water partition coefficient (Wildman–Crippen LogP) is 2.13. The fraction of sp³-hybridized carbons (Fsp3) is 0.625. The zero-order valence-corrected chi connectivity index (χ0v) is 13.4. The van der Waals surface area contributed by atoms with Gasteiger partial charge in [0.25, 0.3) is 0 Å². The first-order valence-corrected chi connectivity index (χ1v) is 7.66. The number of nitrogens with zero attached hydrogens (tertiary/aromatic N) is 1. The Morgan fingerprint density at radius 2 is 1.74 bits per heavy atom. The summed E-state index contributed by atoms with van der Waals surface area (Å²) in [5.41, 5.74) is -1.62. The Morgan fingerprint density at radius 1 is 1.17 bits per heavy atom. The molecule has 0 bridgehead atoms. The van der Waals surface area contributed by atoms with Gasteiger partial charge in [0.05, 0.1) is 5.56 Å². The average molecular weight is 332 g/mol. The van der Waals surface area contributed by atoms with Crippen LogP contribution in [0.3, 0.4) is 0 Å². The second-order valence-corrected chi connectivity index (χ2v) is 6.29. The quantitative estimate of drug-likeness (QED) is 0.867. The third-order valence-corrected chi connectivity index (χ3v) is 4.01. The Bertz CT molecular complexity index is 497. The van der Waals surface area contributed by atoms with Crippen molar-refractivity contribution in [3.63, 3.8) is 0 Å². The summed E-state index contributed by atoms with van der Waals surface area (Å²) >= 11 is 0. The monoisotopic (exact) mass is 332 g/mol. The number of piperazine rings is 1. The Hall–Kier alpha value is -1.31. The number of hydrogen-bond donors (Lipinski definition) is 2. The number of rotatable bonds is 5. The summed E-state index contributed by atoms with van der Waals surface area (Å²) in [6, 6.07) is 4.52. The van der Waals surface area contributed by atoms with E-state index in [0.717, 1.165) is 38.3 Å². The van der Waals surface area contributed by atoms with Crippen LogP contribution >= 0.6 is 0 Å². The third-order valence-electron chi connectivity index (χ3n) is 4.01. The first-order valence-electron chi connectivity index (χ1n) is 7.66. The predicted molar refractivity (Wildman–Crippen MR) is 81.5 cm³/mol. The average Bonchev–Trinajstić information content (AvgIpc) is 2.47. The highest BCUT2D eigenvalue weighted by Crippen LogP contribution is 2.31. The first kappa shape index (κ1) is 18.0. The van der Waals surface area contributed by atoms with Crippen LogP contribution in [-0.2, 0) is 6.18 Å². The molecule has 2 N–H and O–H groups in total. The van der Waals surface area contributed by atoms with Crippen molar-refractivity contribution in [3.8, 4) is 5.75 Å². The molecule has 0 aromatic heterocycles. The molecule has 23 heavy (non-hydrogen) atoms. The van der Waals surface area contributed by atoms with Gasteiger partial charge in [-0.25, -0.2) is 0 Å². The molecule has 1 aromatic carbocycles. The maximum atomic E-state index is 12.6. The number of benzene rings is 1. The number of halogens is 3. The molecule has 0 spiro atoms. The minimum Gasteiger partial charge on any atom is -0.485 e. The van der Waals surface area contributed by atoms with Crippen molar-refractivity contribution in [2.75, 3.05) is 32.7 Å². The highest BCUT2D eigenvalue weighted by atomic mass is 19.4. The highest BCUT2D eigenvalue weighted by Gasteiger charge is 2.33. The van der Waals surface area contributed by atoms with Crippen molar-refractivity contribution >= 4 is 0 Å². The van der Waals surface area contributed by atoms with E-state index in [9.17, 15) is 18.3 Å². The van der Waals surface area contributed by atoms with Crippen molar-refractivity contribution in [3.05, 3.63) is 29.8 Å². The number of hydrogen-bond acceptors (Lipinski definition) is 4. The minimum atomic E-state index is -4.37. The van der Waals surface area contributed by atoms with Gasteiger partial charge in [0.2, 0.25) is 0 Å². The van der Waals surface area contributed by atoms with Gasteiger partial charge in [0.15, 0.2) is 0 Å². The highest BCUT2D eigenvalue weighted by molar-refractivity contribution is 5.29. The molecular formula is C16H23F3N2O2. The van der Waals surface area contributed by atoms with Gasteiger partial charge in [0, 0.05) is 32.7 Å². The Balaban J connectivity index is 1.96. The molecule has 2 rings (SSSR count). The second-order valence-electron chi connectivity index (χ2n) is 6.29. The first-order chi connectivity index (χ1) is 10.7. The van der Waals surface area contributed by atoms with Gasteiger partial charge in [0.1, 0.15) is 17.5 Å². The van der Waals surface area contributed by atoms with Gasteiger partial charge in [-0.2, -0.15) is 13.2 Å². The van der Waals surface area contributed by atoms with E-state index in [2.05, 4.69) is 10.2 Å². The van der Waals surface area contributed by atoms with Crippen LogP contribution in [0.2, 0.25) is 0 Å². The van der Waals surface area contributed by atoms with Crippen molar-refractivity contribution in [1.82, 2.24) is 10.2 Å². The van der Waals surface area contributed by atoms with Crippen molar-refractivity contribution in [2.24, 2.45) is 0 Å². The molecule has 1 atom stereocenters. The Labute approximate surface area is 134 Å². The minimum absolute atomic E-state index is 0.308. The number of alkyl halides is 3. The van der Waals surface area contributed by atoms with Gasteiger partial charge in [-0.3, -0.25) is 4.90 Å². The van der Waals surface area contributed by atoms with Crippen LogP contribution in [0.5, 0.6) is 5.75 Å². The van der Waals surface area contributed by atoms with Crippen LogP contribution in [0, 0.1) is 0 Å².